The second-order valence-electron chi connectivity index (χ2n) is 9.85. The minimum Gasteiger partial charge on any atom is -0.481 e. The summed E-state index contributed by atoms with van der Waals surface area (Å²) in [5, 5.41) is 32.7. The van der Waals surface area contributed by atoms with Crippen molar-refractivity contribution in [2.45, 2.75) is 70.1 Å². The van der Waals surface area contributed by atoms with E-state index in [4.69, 9.17) is 9.47 Å². The van der Waals surface area contributed by atoms with E-state index in [1.165, 1.54) is 6.07 Å². The molecule has 0 fully saturated rings. The average Bonchev–Trinajstić information content (AvgIpc) is 2.84. The topological polar surface area (TPSA) is 195 Å². The third-order valence-corrected chi connectivity index (χ3v) is 5.57. The summed E-state index contributed by atoms with van der Waals surface area (Å²) in [6.45, 7) is 4.68. The Morgan fingerprint density at radius 3 is 2.23 bits per heavy atom. The fourth-order valence-corrected chi connectivity index (χ4v) is 3.81. The SMILES string of the molecule is CC(C)(C)OC(=O)NC(CCC(CC(=O)O)(C(=O)OCc1ccccc1)c1ccc([N+](=O)[O-])cn1)CC(=O)O. The summed E-state index contributed by atoms with van der Waals surface area (Å²) in [5.41, 5.74) is -2.69. The summed E-state index contributed by atoms with van der Waals surface area (Å²) in [7, 11) is 0. The maximum absolute atomic E-state index is 13.6. The Morgan fingerprint density at radius 1 is 1.05 bits per heavy atom. The number of pyridine rings is 1. The molecule has 0 aliphatic rings. The quantitative estimate of drug-likeness (QED) is 0.189. The molecule has 13 nitrogen and oxygen atoms in total. The minimum atomic E-state index is -1.96. The highest BCUT2D eigenvalue weighted by atomic mass is 16.6. The molecule has 0 saturated heterocycles. The van der Waals surface area contributed by atoms with Gasteiger partial charge < -0.3 is 25.0 Å². The maximum atomic E-state index is 13.6. The number of carboxylic acids is 2. The van der Waals surface area contributed by atoms with Gasteiger partial charge in [0.25, 0.3) is 5.69 Å². The molecule has 13 heteroatoms. The molecule has 1 amide bonds. The average molecular weight is 546 g/mol. The molecule has 0 spiro atoms. The number of hydrogen-bond donors (Lipinski definition) is 3. The third-order valence-electron chi connectivity index (χ3n) is 5.57. The molecule has 2 unspecified atom stereocenters. The Hall–Kier alpha value is -4.55. The molecular weight excluding hydrogens is 514 g/mol. The lowest BCUT2D eigenvalue weighted by Crippen LogP contribution is -2.44. The summed E-state index contributed by atoms with van der Waals surface area (Å²) in [6, 6.07) is 9.81. The molecule has 0 aliphatic carbocycles. The lowest BCUT2D eigenvalue weighted by Gasteiger charge is -2.31. The summed E-state index contributed by atoms with van der Waals surface area (Å²) < 4.78 is 10.7. The second kappa shape index (κ2) is 13.3. The summed E-state index contributed by atoms with van der Waals surface area (Å²) >= 11 is 0. The lowest BCUT2D eigenvalue weighted by molar-refractivity contribution is -0.385. The molecular formula is C26H31N3O10. The van der Waals surface area contributed by atoms with E-state index in [1.54, 1.807) is 51.1 Å². The standard InChI is InChI=1S/C26H31N3O10/c1-25(2,3)39-24(35)28-18(13-21(30)31)11-12-26(14-22(32)33,20-10-9-19(15-27-20)29(36)37)23(34)38-16-17-7-5-4-6-8-17/h4-10,15,18H,11-14,16H2,1-3H3,(H,28,35)(H,30,31)(H,32,33). The number of esters is 1. The zero-order valence-electron chi connectivity index (χ0n) is 21.8. The summed E-state index contributed by atoms with van der Waals surface area (Å²) in [4.78, 5) is 63.8. The van der Waals surface area contributed by atoms with Crippen molar-refractivity contribution in [3.05, 3.63) is 70.0 Å². The van der Waals surface area contributed by atoms with E-state index in [1.807, 2.05) is 0 Å². The Balaban J connectivity index is 2.45. The lowest BCUT2D eigenvalue weighted by atomic mass is 9.75. The van der Waals surface area contributed by atoms with Crippen LogP contribution >= 0.6 is 0 Å². The number of nitro groups is 1. The fourth-order valence-electron chi connectivity index (χ4n) is 3.81. The monoisotopic (exact) mass is 545 g/mol. The third kappa shape index (κ3) is 9.68. The van der Waals surface area contributed by atoms with Crippen LogP contribution in [-0.4, -0.2) is 55.8 Å². The molecule has 2 aromatic rings. The van der Waals surface area contributed by atoms with E-state index in [9.17, 15) is 39.5 Å². The number of aromatic nitrogens is 1. The molecule has 0 radical (unpaired) electrons. The second-order valence-corrected chi connectivity index (χ2v) is 9.85. The minimum absolute atomic E-state index is 0.111. The highest BCUT2D eigenvalue weighted by Gasteiger charge is 2.46. The molecule has 1 aromatic carbocycles. The number of ether oxygens (including phenoxy) is 2. The maximum Gasteiger partial charge on any atom is 0.407 e. The molecule has 39 heavy (non-hydrogen) atoms. The number of carbonyl (C=O) groups excluding carboxylic acids is 2. The zero-order valence-corrected chi connectivity index (χ0v) is 21.8. The number of carbonyl (C=O) groups is 4. The van der Waals surface area contributed by atoms with Crippen LogP contribution in [0.2, 0.25) is 0 Å². The van der Waals surface area contributed by atoms with E-state index in [0.717, 1.165) is 12.3 Å². The van der Waals surface area contributed by atoms with Gasteiger partial charge in [0.05, 0.1) is 23.5 Å². The van der Waals surface area contributed by atoms with Crippen LogP contribution in [0.5, 0.6) is 0 Å². The highest BCUT2D eigenvalue weighted by molar-refractivity contribution is 5.88. The number of nitrogens with one attached hydrogen (secondary N) is 1. The molecule has 2 rings (SSSR count). The van der Waals surface area contributed by atoms with Gasteiger partial charge >= 0.3 is 24.0 Å². The normalized spacial score (nSPS) is 13.4. The van der Waals surface area contributed by atoms with Gasteiger partial charge in [-0.05, 0) is 45.2 Å². The van der Waals surface area contributed by atoms with Gasteiger partial charge in [-0.1, -0.05) is 30.3 Å². The van der Waals surface area contributed by atoms with E-state index in [0.29, 0.717) is 5.56 Å². The van der Waals surface area contributed by atoms with Crippen LogP contribution in [0.25, 0.3) is 0 Å². The number of nitrogens with zero attached hydrogens (tertiary/aromatic N) is 2. The van der Waals surface area contributed by atoms with E-state index < -0.39 is 58.8 Å². The van der Waals surface area contributed by atoms with Gasteiger partial charge in [0.1, 0.15) is 23.8 Å². The van der Waals surface area contributed by atoms with Gasteiger partial charge in [0, 0.05) is 12.1 Å². The summed E-state index contributed by atoms with van der Waals surface area (Å²) in [5.74, 6) is -3.61. The zero-order chi connectivity index (χ0) is 29.2. The fraction of sp³-hybridized carbons (Fsp3) is 0.423. The van der Waals surface area contributed by atoms with Crippen molar-refractivity contribution in [3.63, 3.8) is 0 Å². The van der Waals surface area contributed by atoms with Gasteiger partial charge in [0.15, 0.2) is 0 Å². The summed E-state index contributed by atoms with van der Waals surface area (Å²) in [6.07, 6.45) is -1.85. The van der Waals surface area contributed by atoms with Gasteiger partial charge in [0.2, 0.25) is 0 Å². The van der Waals surface area contributed by atoms with Gasteiger partial charge in [-0.3, -0.25) is 29.5 Å². The van der Waals surface area contributed by atoms with Crippen LogP contribution in [0.4, 0.5) is 10.5 Å². The first-order valence-corrected chi connectivity index (χ1v) is 12.0. The van der Waals surface area contributed by atoms with Crippen molar-refractivity contribution >= 4 is 29.7 Å². The van der Waals surface area contributed by atoms with Crippen LogP contribution in [0.1, 0.15) is 57.7 Å². The Bertz CT molecular complexity index is 1180. The van der Waals surface area contributed by atoms with Crippen LogP contribution in [-0.2, 0) is 35.9 Å². The molecule has 210 valence electrons. The number of carboxylic acid groups (broad SMARTS) is 2. The van der Waals surface area contributed by atoms with E-state index in [-0.39, 0.29) is 30.8 Å². The molecule has 1 heterocycles. The highest BCUT2D eigenvalue weighted by Crippen LogP contribution is 2.36. The molecule has 2 atom stereocenters. The van der Waals surface area contributed by atoms with E-state index >= 15 is 0 Å². The predicted molar refractivity (Wildman–Crippen MR) is 136 cm³/mol. The molecule has 0 aliphatic heterocycles. The molecule has 3 N–H and O–H groups in total. The van der Waals surface area contributed by atoms with Crippen molar-refractivity contribution in [1.82, 2.24) is 10.3 Å². The first kappa shape index (κ1) is 30.7. The molecule has 0 saturated carbocycles. The number of hydrogen-bond acceptors (Lipinski definition) is 9. The number of rotatable bonds is 13. The van der Waals surface area contributed by atoms with Crippen molar-refractivity contribution in [3.8, 4) is 0 Å². The number of amides is 1. The van der Waals surface area contributed by atoms with Crippen molar-refractivity contribution < 1.29 is 43.8 Å². The van der Waals surface area contributed by atoms with Gasteiger partial charge in [-0.2, -0.15) is 0 Å². The van der Waals surface area contributed by atoms with Crippen molar-refractivity contribution in [2.75, 3.05) is 0 Å². The van der Waals surface area contributed by atoms with Gasteiger partial charge in [-0.15, -0.1) is 0 Å². The first-order chi connectivity index (χ1) is 18.2. The number of benzene rings is 1. The van der Waals surface area contributed by atoms with E-state index in [2.05, 4.69) is 10.3 Å². The van der Waals surface area contributed by atoms with Crippen LogP contribution in [0.15, 0.2) is 48.7 Å². The Morgan fingerprint density at radius 2 is 1.72 bits per heavy atom. The van der Waals surface area contributed by atoms with Crippen LogP contribution in [0.3, 0.4) is 0 Å². The van der Waals surface area contributed by atoms with Crippen LogP contribution in [0, 0.1) is 10.1 Å². The van der Waals surface area contributed by atoms with Gasteiger partial charge in [-0.25, -0.2) is 4.79 Å². The number of aliphatic carboxylic acids is 2. The smallest absolute Gasteiger partial charge is 0.407 e. The Kier molecular flexibility index (Phi) is 10.5. The van der Waals surface area contributed by atoms with Crippen molar-refractivity contribution in [2.24, 2.45) is 0 Å². The molecule has 1 aromatic heterocycles. The van der Waals surface area contributed by atoms with Crippen LogP contribution < -0.4 is 5.32 Å². The van der Waals surface area contributed by atoms with Crippen molar-refractivity contribution in [1.29, 1.82) is 0 Å². The number of alkyl carbamates (subject to hydrolysis) is 1. The largest absolute Gasteiger partial charge is 0.481 e. The Labute approximate surface area is 224 Å². The first-order valence-electron chi connectivity index (χ1n) is 12.0. The predicted octanol–water partition coefficient (Wildman–Crippen LogP) is 3.59. The molecule has 0 bridgehead atoms.